The van der Waals surface area contributed by atoms with Crippen LogP contribution in [0.2, 0.25) is 0 Å². The summed E-state index contributed by atoms with van der Waals surface area (Å²) in [5.41, 5.74) is 2.98. The molecule has 160 valence electrons. The lowest BCUT2D eigenvalue weighted by molar-refractivity contribution is 0.135. The Morgan fingerprint density at radius 2 is 1.71 bits per heavy atom. The van der Waals surface area contributed by atoms with Crippen molar-refractivity contribution >= 4 is 32.6 Å². The highest BCUT2D eigenvalue weighted by Gasteiger charge is 2.37. The monoisotopic (exact) mass is 436 g/mol. The molecule has 0 unspecified atom stereocenters. The molecule has 1 saturated heterocycles. The van der Waals surface area contributed by atoms with E-state index in [0.717, 1.165) is 27.6 Å². The number of sulfonamides is 1. The molecule has 0 bridgehead atoms. The molecule has 5 rings (SSSR count). The molecule has 1 fully saturated rings. The van der Waals surface area contributed by atoms with E-state index in [1.165, 1.54) is 4.31 Å². The molecule has 31 heavy (non-hydrogen) atoms. The lowest BCUT2D eigenvalue weighted by atomic mass is 10.0. The van der Waals surface area contributed by atoms with E-state index in [2.05, 4.69) is 0 Å². The van der Waals surface area contributed by atoms with Crippen molar-refractivity contribution in [2.75, 3.05) is 18.0 Å². The molecule has 3 aromatic rings. The Balaban J connectivity index is 1.39. The van der Waals surface area contributed by atoms with E-state index in [1.807, 2.05) is 55.5 Å². The van der Waals surface area contributed by atoms with Gasteiger partial charge >= 0.3 is 6.09 Å². The molecule has 2 heterocycles. The topological polar surface area (TPSA) is 66.9 Å². The number of carbonyl (C=O) groups is 1. The Morgan fingerprint density at radius 1 is 0.968 bits per heavy atom. The second-order valence-corrected chi connectivity index (χ2v) is 10.1. The van der Waals surface area contributed by atoms with E-state index in [9.17, 15) is 13.2 Å². The second-order valence-electron chi connectivity index (χ2n) is 8.17. The smallest absolute Gasteiger partial charge is 0.414 e. The molecule has 0 atom stereocenters. The number of carbonyl (C=O) groups excluding carboxylic acids is 1. The highest BCUT2D eigenvalue weighted by molar-refractivity contribution is 7.89. The lowest BCUT2D eigenvalue weighted by Gasteiger charge is -2.40. The number of hydrogen-bond donors (Lipinski definition) is 0. The molecule has 3 aromatic carbocycles. The number of amides is 1. The van der Waals surface area contributed by atoms with E-state index >= 15 is 0 Å². The minimum absolute atomic E-state index is 0.0896. The minimum atomic E-state index is -3.62. The maximum atomic E-state index is 13.4. The van der Waals surface area contributed by atoms with Crippen LogP contribution in [0, 0.1) is 6.92 Å². The normalized spacial score (nSPS) is 18.1. The van der Waals surface area contributed by atoms with Gasteiger partial charge in [0.15, 0.2) is 0 Å². The number of anilines is 1. The van der Waals surface area contributed by atoms with E-state index in [-0.39, 0.29) is 18.7 Å². The first kappa shape index (κ1) is 20.0. The van der Waals surface area contributed by atoms with Crippen molar-refractivity contribution in [2.24, 2.45) is 0 Å². The fourth-order valence-electron chi connectivity index (χ4n) is 4.62. The van der Waals surface area contributed by atoms with E-state index in [0.29, 0.717) is 30.8 Å². The number of cyclic esters (lactones) is 1. The molecule has 2 aliphatic rings. The Bertz CT molecular complexity index is 1260. The maximum Gasteiger partial charge on any atom is 0.414 e. The molecule has 1 amide bonds. The van der Waals surface area contributed by atoms with Crippen molar-refractivity contribution in [3.8, 4) is 0 Å². The summed E-state index contributed by atoms with van der Waals surface area (Å²) in [6.07, 6.45) is 0.769. The highest BCUT2D eigenvalue weighted by Crippen LogP contribution is 2.34. The number of nitrogens with zero attached hydrogens (tertiary/aromatic N) is 2. The van der Waals surface area contributed by atoms with Crippen LogP contribution >= 0.6 is 0 Å². The van der Waals surface area contributed by atoms with Gasteiger partial charge in [0, 0.05) is 30.1 Å². The van der Waals surface area contributed by atoms with Gasteiger partial charge in [-0.25, -0.2) is 13.2 Å². The Hall–Kier alpha value is -2.90. The van der Waals surface area contributed by atoms with Gasteiger partial charge in [0.1, 0.15) is 6.61 Å². The first-order valence-corrected chi connectivity index (χ1v) is 11.9. The predicted molar refractivity (Wildman–Crippen MR) is 120 cm³/mol. The zero-order valence-electron chi connectivity index (χ0n) is 17.3. The molecular weight excluding hydrogens is 412 g/mol. The van der Waals surface area contributed by atoms with Crippen LogP contribution in [-0.4, -0.2) is 37.9 Å². The number of ether oxygens (including phenoxy) is 1. The molecule has 0 N–H and O–H groups in total. The number of aryl methyl sites for hydroxylation is 1. The van der Waals surface area contributed by atoms with Crippen LogP contribution in [0.3, 0.4) is 0 Å². The van der Waals surface area contributed by atoms with Crippen LogP contribution in [0.1, 0.15) is 24.0 Å². The summed E-state index contributed by atoms with van der Waals surface area (Å²) < 4.78 is 33.7. The van der Waals surface area contributed by atoms with Crippen molar-refractivity contribution in [1.29, 1.82) is 0 Å². The van der Waals surface area contributed by atoms with E-state index in [1.54, 1.807) is 17.0 Å². The molecule has 6 nitrogen and oxygen atoms in total. The maximum absolute atomic E-state index is 13.4. The van der Waals surface area contributed by atoms with Gasteiger partial charge in [0.25, 0.3) is 0 Å². The third-order valence-corrected chi connectivity index (χ3v) is 8.16. The van der Waals surface area contributed by atoms with Crippen LogP contribution in [0.5, 0.6) is 0 Å². The van der Waals surface area contributed by atoms with Crippen molar-refractivity contribution < 1.29 is 17.9 Å². The average Bonchev–Trinajstić information content (AvgIpc) is 2.79. The average molecular weight is 437 g/mol. The van der Waals surface area contributed by atoms with Gasteiger partial charge in [-0.1, -0.05) is 54.1 Å². The third-order valence-electron chi connectivity index (χ3n) is 6.20. The molecule has 0 aliphatic carbocycles. The number of piperidine rings is 1. The standard InChI is InChI=1S/C24H24N2O4S/c1-17-9-10-22-19(15-17)16-30-24(27)26(22)20-11-13-25(14-12-20)31(28,29)23-8-4-6-18-5-2-3-7-21(18)23/h2-10,15,20H,11-14,16H2,1H3. The third kappa shape index (κ3) is 3.47. The van der Waals surface area contributed by atoms with Gasteiger partial charge in [0.2, 0.25) is 10.0 Å². The lowest BCUT2D eigenvalue weighted by Crippen LogP contribution is -2.50. The van der Waals surface area contributed by atoms with E-state index < -0.39 is 10.0 Å². The number of fused-ring (bicyclic) bond motifs is 2. The van der Waals surface area contributed by atoms with E-state index in [4.69, 9.17) is 4.74 Å². The predicted octanol–water partition coefficient (Wildman–Crippen LogP) is 4.46. The molecule has 0 radical (unpaired) electrons. The van der Waals surface area contributed by atoms with Crippen molar-refractivity contribution in [1.82, 2.24) is 4.31 Å². The first-order chi connectivity index (χ1) is 14.9. The quantitative estimate of drug-likeness (QED) is 0.608. The van der Waals surface area contributed by atoms with Gasteiger partial charge in [-0.05, 0) is 37.3 Å². The van der Waals surface area contributed by atoms with Gasteiger partial charge in [-0.2, -0.15) is 4.31 Å². The molecule has 7 heteroatoms. The van der Waals surface area contributed by atoms with Crippen molar-refractivity contribution in [3.63, 3.8) is 0 Å². The van der Waals surface area contributed by atoms with Crippen molar-refractivity contribution in [2.45, 2.75) is 37.3 Å². The summed E-state index contributed by atoms with van der Waals surface area (Å²) in [6, 6.07) is 18.8. The van der Waals surface area contributed by atoms with Gasteiger partial charge in [0.05, 0.1) is 10.6 Å². The minimum Gasteiger partial charge on any atom is -0.444 e. The first-order valence-electron chi connectivity index (χ1n) is 10.5. The summed E-state index contributed by atoms with van der Waals surface area (Å²) in [5, 5.41) is 1.64. The molecular formula is C24H24N2O4S. The fourth-order valence-corrected chi connectivity index (χ4v) is 6.30. The molecule has 2 aliphatic heterocycles. The highest BCUT2D eigenvalue weighted by atomic mass is 32.2. The fraction of sp³-hybridized carbons (Fsp3) is 0.292. The molecule has 0 spiro atoms. The Kier molecular flexibility index (Phi) is 4.95. The van der Waals surface area contributed by atoms with Crippen molar-refractivity contribution in [3.05, 3.63) is 71.8 Å². The summed E-state index contributed by atoms with van der Waals surface area (Å²) in [5.74, 6) is 0. The molecule has 0 saturated carbocycles. The largest absolute Gasteiger partial charge is 0.444 e. The SMILES string of the molecule is Cc1ccc2c(c1)COC(=O)N2C1CCN(S(=O)(=O)c2cccc3ccccc23)CC1. The van der Waals surface area contributed by atoms with Gasteiger partial charge < -0.3 is 4.74 Å². The van der Waals surface area contributed by atoms with Gasteiger partial charge in [-0.15, -0.1) is 0 Å². The zero-order chi connectivity index (χ0) is 21.6. The summed E-state index contributed by atoms with van der Waals surface area (Å²) in [4.78, 5) is 14.6. The van der Waals surface area contributed by atoms with Crippen LogP contribution in [0.15, 0.2) is 65.6 Å². The molecule has 0 aromatic heterocycles. The summed E-state index contributed by atoms with van der Waals surface area (Å²) >= 11 is 0. The van der Waals surface area contributed by atoms with Crippen LogP contribution in [0.25, 0.3) is 10.8 Å². The number of hydrogen-bond acceptors (Lipinski definition) is 4. The van der Waals surface area contributed by atoms with Crippen LogP contribution in [0.4, 0.5) is 10.5 Å². The van der Waals surface area contributed by atoms with Crippen LogP contribution < -0.4 is 4.90 Å². The Morgan fingerprint density at radius 3 is 2.52 bits per heavy atom. The van der Waals surface area contributed by atoms with Gasteiger partial charge in [-0.3, -0.25) is 4.90 Å². The summed E-state index contributed by atoms with van der Waals surface area (Å²) in [6.45, 7) is 3.01. The second kappa shape index (κ2) is 7.66. The summed E-state index contributed by atoms with van der Waals surface area (Å²) in [7, 11) is -3.62. The Labute approximate surface area is 182 Å². The zero-order valence-corrected chi connectivity index (χ0v) is 18.1. The number of benzene rings is 3. The number of rotatable bonds is 3. The van der Waals surface area contributed by atoms with Crippen LogP contribution in [-0.2, 0) is 21.4 Å².